The van der Waals surface area contributed by atoms with Gasteiger partial charge in [-0.2, -0.15) is 5.10 Å². The Kier molecular flexibility index (Phi) is 5.72. The molecule has 0 aliphatic carbocycles. The molecule has 3 aromatic rings. The van der Waals surface area contributed by atoms with Gasteiger partial charge in [-0.15, -0.1) is 0 Å². The van der Waals surface area contributed by atoms with Gasteiger partial charge in [-0.1, -0.05) is 12.1 Å². The van der Waals surface area contributed by atoms with Gasteiger partial charge >= 0.3 is 0 Å². The second kappa shape index (κ2) is 8.59. The van der Waals surface area contributed by atoms with Gasteiger partial charge in [-0.05, 0) is 56.3 Å². The molecular formula is C23H25FN6. The standard InChI is InChI=1S/C23H25FN6/c1-15(11-17(13-26-2)30-9-7-16(25)8-10-30)21-12-19-22(14-27-21)28-29-23(19)18-5-3-4-6-20(18)24/h3-6,11-14,16H,2,7-10,25H2,1H3,(H,28,29)/b15-11+,17-13+. The number of nitrogens with one attached hydrogen (secondary N) is 1. The molecule has 0 amide bonds. The van der Waals surface area contributed by atoms with E-state index >= 15 is 0 Å². The zero-order valence-electron chi connectivity index (χ0n) is 17.0. The molecule has 0 spiro atoms. The number of aliphatic imine (C=N–C) groups is 1. The minimum atomic E-state index is -0.304. The van der Waals surface area contributed by atoms with Crippen LogP contribution in [-0.4, -0.2) is 45.9 Å². The molecule has 1 aromatic carbocycles. The summed E-state index contributed by atoms with van der Waals surface area (Å²) in [6.07, 6.45) is 7.46. The smallest absolute Gasteiger partial charge is 0.132 e. The lowest BCUT2D eigenvalue weighted by atomic mass is 10.0. The molecular weight excluding hydrogens is 379 g/mol. The summed E-state index contributed by atoms with van der Waals surface area (Å²) in [5.74, 6) is -0.304. The van der Waals surface area contributed by atoms with Crippen LogP contribution in [0.1, 0.15) is 25.5 Å². The quantitative estimate of drug-likeness (QED) is 0.495. The maximum Gasteiger partial charge on any atom is 0.132 e. The molecule has 7 heteroatoms. The third-order valence-corrected chi connectivity index (χ3v) is 5.47. The highest BCUT2D eigenvalue weighted by atomic mass is 19.1. The summed E-state index contributed by atoms with van der Waals surface area (Å²) in [5.41, 5.74) is 10.6. The molecule has 0 saturated carbocycles. The zero-order chi connectivity index (χ0) is 21.1. The molecule has 30 heavy (non-hydrogen) atoms. The molecule has 1 fully saturated rings. The minimum Gasteiger partial charge on any atom is -0.370 e. The number of aromatic nitrogens is 3. The molecule has 0 bridgehead atoms. The molecule has 3 heterocycles. The van der Waals surface area contributed by atoms with E-state index in [9.17, 15) is 4.39 Å². The molecule has 2 aromatic heterocycles. The van der Waals surface area contributed by atoms with Crippen LogP contribution in [-0.2, 0) is 0 Å². The van der Waals surface area contributed by atoms with Gasteiger partial charge < -0.3 is 10.6 Å². The number of piperidine rings is 1. The van der Waals surface area contributed by atoms with E-state index in [-0.39, 0.29) is 11.9 Å². The first kappa shape index (κ1) is 20.0. The van der Waals surface area contributed by atoms with Crippen LogP contribution < -0.4 is 5.73 Å². The minimum absolute atomic E-state index is 0.256. The number of H-pyrrole nitrogens is 1. The lowest BCUT2D eigenvalue weighted by Crippen LogP contribution is -2.38. The number of nitrogens with two attached hydrogens (primary N) is 1. The number of hydrogen-bond acceptors (Lipinski definition) is 5. The molecule has 0 radical (unpaired) electrons. The third-order valence-electron chi connectivity index (χ3n) is 5.47. The fourth-order valence-electron chi connectivity index (χ4n) is 3.75. The fourth-order valence-corrected chi connectivity index (χ4v) is 3.75. The van der Waals surface area contributed by atoms with E-state index in [4.69, 9.17) is 5.73 Å². The number of fused-ring (bicyclic) bond motifs is 1. The van der Waals surface area contributed by atoms with Crippen molar-refractivity contribution < 1.29 is 4.39 Å². The highest BCUT2D eigenvalue weighted by molar-refractivity contribution is 5.94. The van der Waals surface area contributed by atoms with E-state index in [0.29, 0.717) is 11.3 Å². The fraction of sp³-hybridized carbons (Fsp3) is 0.261. The Labute approximate surface area is 175 Å². The van der Waals surface area contributed by atoms with Crippen LogP contribution in [0.3, 0.4) is 0 Å². The summed E-state index contributed by atoms with van der Waals surface area (Å²) in [6.45, 7) is 7.38. The monoisotopic (exact) mass is 404 g/mol. The Hall–Kier alpha value is -3.32. The van der Waals surface area contributed by atoms with Crippen LogP contribution in [0.15, 0.2) is 59.5 Å². The number of halogens is 1. The average Bonchev–Trinajstić information content (AvgIpc) is 3.17. The average molecular weight is 404 g/mol. The summed E-state index contributed by atoms with van der Waals surface area (Å²) in [6, 6.07) is 8.83. The first-order valence-electron chi connectivity index (χ1n) is 10.0. The number of rotatable bonds is 5. The second-order valence-corrected chi connectivity index (χ2v) is 7.56. The normalized spacial score (nSPS) is 16.3. The highest BCUT2D eigenvalue weighted by Gasteiger charge is 2.18. The predicted molar refractivity (Wildman–Crippen MR) is 119 cm³/mol. The summed E-state index contributed by atoms with van der Waals surface area (Å²) in [7, 11) is 0. The van der Waals surface area contributed by atoms with E-state index in [1.165, 1.54) is 6.07 Å². The first-order valence-corrected chi connectivity index (χ1v) is 10.0. The van der Waals surface area contributed by atoms with Gasteiger partial charge in [0.1, 0.15) is 11.5 Å². The van der Waals surface area contributed by atoms with Crippen molar-refractivity contribution in [3.63, 3.8) is 0 Å². The SMILES string of the molecule is C=N/C=C(\C=C(/C)c1cc2c(-c3ccccc3F)n[nH]c2cn1)N1CCC(N)CC1. The van der Waals surface area contributed by atoms with Gasteiger partial charge in [0.2, 0.25) is 0 Å². The van der Waals surface area contributed by atoms with E-state index in [0.717, 1.165) is 53.8 Å². The topological polar surface area (TPSA) is 83.2 Å². The number of likely N-dealkylation sites (tertiary alicyclic amines) is 1. The van der Waals surface area contributed by atoms with E-state index in [1.54, 1.807) is 30.6 Å². The van der Waals surface area contributed by atoms with Gasteiger partial charge in [-0.3, -0.25) is 15.1 Å². The molecule has 0 unspecified atom stereocenters. The van der Waals surface area contributed by atoms with Crippen molar-refractivity contribution in [1.82, 2.24) is 20.1 Å². The molecule has 6 nitrogen and oxygen atoms in total. The lowest BCUT2D eigenvalue weighted by molar-refractivity contribution is 0.270. The Balaban J connectivity index is 1.70. The van der Waals surface area contributed by atoms with E-state index in [2.05, 4.69) is 37.9 Å². The predicted octanol–water partition coefficient (Wildman–Crippen LogP) is 4.13. The Bertz CT molecular complexity index is 1120. The van der Waals surface area contributed by atoms with Gasteiger partial charge in [0.25, 0.3) is 0 Å². The Morgan fingerprint density at radius 3 is 2.83 bits per heavy atom. The van der Waals surface area contributed by atoms with Crippen LogP contribution in [0, 0.1) is 5.82 Å². The van der Waals surface area contributed by atoms with Gasteiger partial charge in [0, 0.05) is 36.3 Å². The lowest BCUT2D eigenvalue weighted by Gasteiger charge is -2.32. The number of pyridine rings is 1. The van der Waals surface area contributed by atoms with Crippen molar-refractivity contribution >= 4 is 23.2 Å². The summed E-state index contributed by atoms with van der Waals surface area (Å²) < 4.78 is 14.3. The molecule has 1 saturated heterocycles. The van der Waals surface area contributed by atoms with Crippen LogP contribution in [0.5, 0.6) is 0 Å². The molecule has 154 valence electrons. The van der Waals surface area contributed by atoms with Crippen LogP contribution in [0.2, 0.25) is 0 Å². The van der Waals surface area contributed by atoms with Crippen molar-refractivity contribution in [2.75, 3.05) is 13.1 Å². The van der Waals surface area contributed by atoms with Crippen molar-refractivity contribution in [1.29, 1.82) is 0 Å². The Morgan fingerprint density at radius 2 is 2.10 bits per heavy atom. The maximum atomic E-state index is 14.3. The third kappa shape index (κ3) is 4.02. The summed E-state index contributed by atoms with van der Waals surface area (Å²) >= 11 is 0. The number of nitrogens with zero attached hydrogens (tertiary/aromatic N) is 4. The van der Waals surface area contributed by atoms with E-state index < -0.39 is 0 Å². The number of allylic oxidation sites excluding steroid dienone is 2. The van der Waals surface area contributed by atoms with Crippen molar-refractivity contribution in [3.05, 3.63) is 66.0 Å². The molecule has 1 aliphatic rings. The zero-order valence-corrected chi connectivity index (χ0v) is 17.0. The van der Waals surface area contributed by atoms with Crippen LogP contribution in [0.4, 0.5) is 4.39 Å². The maximum absolute atomic E-state index is 14.3. The van der Waals surface area contributed by atoms with Gasteiger partial charge in [0.05, 0.1) is 23.1 Å². The van der Waals surface area contributed by atoms with Crippen molar-refractivity contribution in [2.45, 2.75) is 25.8 Å². The summed E-state index contributed by atoms with van der Waals surface area (Å²) in [4.78, 5) is 10.8. The Morgan fingerprint density at radius 1 is 1.33 bits per heavy atom. The van der Waals surface area contributed by atoms with E-state index in [1.807, 2.05) is 13.0 Å². The van der Waals surface area contributed by atoms with Gasteiger partial charge in [0.15, 0.2) is 0 Å². The second-order valence-electron chi connectivity index (χ2n) is 7.56. The van der Waals surface area contributed by atoms with Crippen molar-refractivity contribution in [3.8, 4) is 11.3 Å². The number of hydrogen-bond donors (Lipinski definition) is 2. The largest absolute Gasteiger partial charge is 0.370 e. The molecule has 4 rings (SSSR count). The molecule has 1 aliphatic heterocycles. The van der Waals surface area contributed by atoms with Crippen molar-refractivity contribution in [2.24, 2.45) is 10.7 Å². The number of aromatic amines is 1. The summed E-state index contributed by atoms with van der Waals surface area (Å²) in [5, 5.41) is 8.09. The number of benzene rings is 1. The highest BCUT2D eigenvalue weighted by Crippen LogP contribution is 2.30. The van der Waals surface area contributed by atoms with Crippen LogP contribution in [0.25, 0.3) is 27.7 Å². The molecule has 3 N–H and O–H groups in total. The van der Waals surface area contributed by atoms with Crippen LogP contribution >= 0.6 is 0 Å². The first-order chi connectivity index (χ1) is 14.6. The van der Waals surface area contributed by atoms with Gasteiger partial charge in [-0.25, -0.2) is 4.39 Å². The molecule has 0 atom stereocenters.